The van der Waals surface area contributed by atoms with E-state index >= 15 is 0 Å². The highest BCUT2D eigenvalue weighted by atomic mass is 35.5. The minimum Gasteiger partial charge on any atom is -0.385 e. The third-order valence-corrected chi connectivity index (χ3v) is 3.93. The highest BCUT2D eigenvalue weighted by Gasteiger charge is 2.11. The van der Waals surface area contributed by atoms with Gasteiger partial charge in [-0.05, 0) is 42.7 Å². The van der Waals surface area contributed by atoms with Gasteiger partial charge in [0, 0.05) is 43.6 Å². The molecule has 0 radical (unpaired) electrons. The maximum Gasteiger partial charge on any atom is 0.269 e. The average Bonchev–Trinajstić information content (AvgIpc) is 2.66. The van der Waals surface area contributed by atoms with Crippen molar-refractivity contribution in [3.8, 4) is 0 Å². The molecule has 7 heteroatoms. The number of amides is 2. The maximum absolute atomic E-state index is 12.3. The number of ether oxygens (including phenoxy) is 1. The minimum absolute atomic E-state index is 0.216. The molecule has 1 aromatic heterocycles. The van der Waals surface area contributed by atoms with Crippen LogP contribution in [0.2, 0.25) is 5.02 Å². The van der Waals surface area contributed by atoms with E-state index in [0.29, 0.717) is 43.1 Å². The van der Waals surface area contributed by atoms with Gasteiger partial charge in [-0.3, -0.25) is 14.6 Å². The lowest BCUT2D eigenvalue weighted by atomic mass is 10.1. The summed E-state index contributed by atoms with van der Waals surface area (Å²) in [6.07, 6.45) is 2.87. The normalized spacial score (nSPS) is 10.4. The average molecular weight is 376 g/mol. The van der Waals surface area contributed by atoms with Gasteiger partial charge in [-0.1, -0.05) is 23.7 Å². The molecule has 26 heavy (non-hydrogen) atoms. The molecule has 0 saturated heterocycles. The van der Waals surface area contributed by atoms with Crippen LogP contribution in [-0.4, -0.2) is 43.6 Å². The van der Waals surface area contributed by atoms with Crippen LogP contribution in [0.15, 0.2) is 42.6 Å². The second-order valence-corrected chi connectivity index (χ2v) is 6.10. The van der Waals surface area contributed by atoms with E-state index in [2.05, 4.69) is 15.6 Å². The summed E-state index contributed by atoms with van der Waals surface area (Å²) in [4.78, 5) is 28.3. The van der Waals surface area contributed by atoms with Crippen molar-refractivity contribution in [2.75, 3.05) is 26.8 Å². The number of nitrogens with one attached hydrogen (secondary N) is 2. The highest BCUT2D eigenvalue weighted by Crippen LogP contribution is 2.09. The fraction of sp³-hybridized carbons (Fsp3) is 0.316. The SMILES string of the molecule is COCCCNC(=O)c1cc(C(=O)NCCc2ccc(Cl)cc2)ccn1. The van der Waals surface area contributed by atoms with E-state index in [1.807, 2.05) is 24.3 Å². The standard InChI is InChI=1S/C19H22ClN3O3/c1-26-12-2-9-22-19(25)17-13-15(8-11-21-17)18(24)23-10-7-14-3-5-16(20)6-4-14/h3-6,8,11,13H,2,7,9-10,12H2,1H3,(H,22,25)(H,23,24). The molecule has 0 atom stereocenters. The largest absolute Gasteiger partial charge is 0.385 e. The molecule has 0 unspecified atom stereocenters. The summed E-state index contributed by atoms with van der Waals surface area (Å²) in [6.45, 7) is 1.55. The Morgan fingerprint density at radius 2 is 1.81 bits per heavy atom. The zero-order chi connectivity index (χ0) is 18.8. The van der Waals surface area contributed by atoms with Crippen molar-refractivity contribution < 1.29 is 14.3 Å². The number of pyridine rings is 1. The van der Waals surface area contributed by atoms with Crippen molar-refractivity contribution in [2.45, 2.75) is 12.8 Å². The fourth-order valence-corrected chi connectivity index (χ4v) is 2.40. The molecule has 0 aliphatic carbocycles. The molecule has 0 aliphatic heterocycles. The molecule has 2 amide bonds. The van der Waals surface area contributed by atoms with Crippen molar-refractivity contribution in [2.24, 2.45) is 0 Å². The first-order valence-electron chi connectivity index (χ1n) is 8.36. The lowest BCUT2D eigenvalue weighted by molar-refractivity contribution is 0.0943. The minimum atomic E-state index is -0.308. The molecule has 0 fully saturated rings. The topological polar surface area (TPSA) is 80.3 Å². The first-order valence-corrected chi connectivity index (χ1v) is 8.74. The van der Waals surface area contributed by atoms with E-state index in [1.165, 1.54) is 12.3 Å². The van der Waals surface area contributed by atoms with Crippen LogP contribution < -0.4 is 10.6 Å². The molecule has 2 aromatic rings. The second kappa shape index (κ2) is 10.5. The zero-order valence-corrected chi connectivity index (χ0v) is 15.4. The number of carbonyl (C=O) groups excluding carboxylic acids is 2. The molecule has 1 aromatic carbocycles. The van der Waals surface area contributed by atoms with E-state index in [-0.39, 0.29) is 17.5 Å². The van der Waals surface area contributed by atoms with Gasteiger partial charge < -0.3 is 15.4 Å². The van der Waals surface area contributed by atoms with Gasteiger partial charge in [-0.15, -0.1) is 0 Å². The van der Waals surface area contributed by atoms with Crippen molar-refractivity contribution in [1.82, 2.24) is 15.6 Å². The first kappa shape index (κ1) is 19.9. The zero-order valence-electron chi connectivity index (χ0n) is 14.6. The van der Waals surface area contributed by atoms with E-state index in [4.69, 9.17) is 16.3 Å². The van der Waals surface area contributed by atoms with Crippen LogP contribution in [0.25, 0.3) is 0 Å². The molecular weight excluding hydrogens is 354 g/mol. The summed E-state index contributed by atoms with van der Waals surface area (Å²) in [5.41, 5.74) is 1.70. The van der Waals surface area contributed by atoms with Crippen LogP contribution in [0.1, 0.15) is 32.8 Å². The highest BCUT2D eigenvalue weighted by molar-refractivity contribution is 6.30. The van der Waals surface area contributed by atoms with Gasteiger partial charge in [0.1, 0.15) is 5.69 Å². The number of hydrogen-bond acceptors (Lipinski definition) is 4. The lowest BCUT2D eigenvalue weighted by Crippen LogP contribution is -2.28. The van der Waals surface area contributed by atoms with Gasteiger partial charge in [0.15, 0.2) is 0 Å². The molecule has 2 rings (SSSR count). The summed E-state index contributed by atoms with van der Waals surface area (Å²) in [6, 6.07) is 10.6. The quantitative estimate of drug-likeness (QED) is 0.660. The van der Waals surface area contributed by atoms with E-state index in [9.17, 15) is 9.59 Å². The number of nitrogens with zero attached hydrogens (tertiary/aromatic N) is 1. The molecule has 0 bridgehead atoms. The Balaban J connectivity index is 1.84. The Labute approximate surface area is 157 Å². The number of halogens is 1. The predicted octanol–water partition coefficient (Wildman–Crippen LogP) is 2.47. The first-order chi connectivity index (χ1) is 12.6. The summed E-state index contributed by atoms with van der Waals surface area (Å²) in [5.74, 6) is -0.549. The van der Waals surface area contributed by atoms with Gasteiger partial charge in [0.25, 0.3) is 11.8 Å². The van der Waals surface area contributed by atoms with Gasteiger partial charge in [-0.25, -0.2) is 0 Å². The van der Waals surface area contributed by atoms with Crippen molar-refractivity contribution in [3.05, 3.63) is 64.4 Å². The summed E-state index contributed by atoms with van der Waals surface area (Å²) >= 11 is 5.85. The van der Waals surface area contributed by atoms with Crippen LogP contribution in [0, 0.1) is 0 Å². The molecule has 0 aliphatic rings. The van der Waals surface area contributed by atoms with Crippen molar-refractivity contribution >= 4 is 23.4 Å². The smallest absolute Gasteiger partial charge is 0.269 e. The van der Waals surface area contributed by atoms with Gasteiger partial charge in [0.2, 0.25) is 0 Å². The molecule has 0 saturated carbocycles. The third kappa shape index (κ3) is 6.46. The van der Waals surface area contributed by atoms with E-state index in [0.717, 1.165) is 5.56 Å². The Bertz CT molecular complexity index is 735. The molecule has 2 N–H and O–H groups in total. The van der Waals surface area contributed by atoms with Gasteiger partial charge in [0.05, 0.1) is 0 Å². The molecule has 6 nitrogen and oxygen atoms in total. The predicted molar refractivity (Wildman–Crippen MR) is 101 cm³/mol. The molecule has 1 heterocycles. The maximum atomic E-state index is 12.3. The summed E-state index contributed by atoms with van der Waals surface area (Å²) in [7, 11) is 1.61. The molecular formula is C19H22ClN3O3. The second-order valence-electron chi connectivity index (χ2n) is 5.66. The fourth-order valence-electron chi connectivity index (χ4n) is 2.28. The van der Waals surface area contributed by atoms with Crippen LogP contribution in [-0.2, 0) is 11.2 Å². The Morgan fingerprint density at radius 3 is 2.54 bits per heavy atom. The lowest BCUT2D eigenvalue weighted by Gasteiger charge is -2.08. The number of rotatable bonds is 9. The number of methoxy groups -OCH3 is 1. The van der Waals surface area contributed by atoms with Gasteiger partial charge in [-0.2, -0.15) is 0 Å². The number of aromatic nitrogens is 1. The molecule has 0 spiro atoms. The van der Waals surface area contributed by atoms with Crippen LogP contribution >= 0.6 is 11.6 Å². The van der Waals surface area contributed by atoms with Crippen LogP contribution in [0.5, 0.6) is 0 Å². The third-order valence-electron chi connectivity index (χ3n) is 3.68. The Morgan fingerprint density at radius 1 is 1.08 bits per heavy atom. The Kier molecular flexibility index (Phi) is 8.05. The Hall–Kier alpha value is -2.44. The van der Waals surface area contributed by atoms with Crippen LogP contribution in [0.4, 0.5) is 0 Å². The van der Waals surface area contributed by atoms with Gasteiger partial charge >= 0.3 is 0 Å². The molecule has 138 valence electrons. The van der Waals surface area contributed by atoms with E-state index < -0.39 is 0 Å². The monoisotopic (exact) mass is 375 g/mol. The van der Waals surface area contributed by atoms with Crippen molar-refractivity contribution in [1.29, 1.82) is 0 Å². The summed E-state index contributed by atoms with van der Waals surface area (Å²) < 4.78 is 4.93. The van der Waals surface area contributed by atoms with E-state index in [1.54, 1.807) is 13.2 Å². The number of hydrogen-bond donors (Lipinski definition) is 2. The number of carbonyl (C=O) groups is 2. The van der Waals surface area contributed by atoms with Crippen molar-refractivity contribution in [3.63, 3.8) is 0 Å². The van der Waals surface area contributed by atoms with Crippen LogP contribution in [0.3, 0.4) is 0 Å². The number of benzene rings is 1. The summed E-state index contributed by atoms with van der Waals surface area (Å²) in [5, 5.41) is 6.27.